The van der Waals surface area contributed by atoms with E-state index in [4.69, 9.17) is 0 Å². The molecule has 5 nitrogen and oxygen atoms in total. The molecule has 0 aliphatic carbocycles. The fourth-order valence-corrected chi connectivity index (χ4v) is 2.65. The summed E-state index contributed by atoms with van der Waals surface area (Å²) >= 11 is 1.43. The van der Waals surface area contributed by atoms with Crippen molar-refractivity contribution in [2.45, 2.75) is 24.3 Å². The third-order valence-electron chi connectivity index (χ3n) is 2.78. The van der Waals surface area contributed by atoms with Crippen LogP contribution in [0.2, 0.25) is 0 Å². The SMILES string of the molecule is COC(=O)Cc1cc(=O)[nH]c(SCc2cccc(C)c2)n1. The second kappa shape index (κ2) is 7.08. The van der Waals surface area contributed by atoms with Gasteiger partial charge in [0.25, 0.3) is 5.56 Å². The molecule has 0 atom stereocenters. The fourth-order valence-electron chi connectivity index (χ4n) is 1.82. The Balaban J connectivity index is 2.09. The number of benzene rings is 1. The highest BCUT2D eigenvalue weighted by molar-refractivity contribution is 7.98. The Morgan fingerprint density at radius 1 is 1.38 bits per heavy atom. The van der Waals surface area contributed by atoms with Crippen LogP contribution in [0.1, 0.15) is 16.8 Å². The molecule has 0 spiro atoms. The molecule has 6 heteroatoms. The van der Waals surface area contributed by atoms with Crippen molar-refractivity contribution in [3.63, 3.8) is 0 Å². The van der Waals surface area contributed by atoms with Crippen LogP contribution >= 0.6 is 11.8 Å². The van der Waals surface area contributed by atoms with E-state index in [1.807, 2.05) is 25.1 Å². The van der Waals surface area contributed by atoms with Crippen LogP contribution in [-0.2, 0) is 21.7 Å². The van der Waals surface area contributed by atoms with Crippen molar-refractivity contribution < 1.29 is 9.53 Å². The molecule has 110 valence electrons. The van der Waals surface area contributed by atoms with Crippen LogP contribution in [0.4, 0.5) is 0 Å². The zero-order chi connectivity index (χ0) is 15.2. The van der Waals surface area contributed by atoms with E-state index in [0.717, 1.165) is 5.56 Å². The minimum Gasteiger partial charge on any atom is -0.469 e. The number of methoxy groups -OCH3 is 1. The third kappa shape index (κ3) is 4.75. The monoisotopic (exact) mass is 304 g/mol. The van der Waals surface area contributed by atoms with Gasteiger partial charge in [-0.25, -0.2) is 4.98 Å². The number of aryl methyl sites for hydroxylation is 1. The number of aromatic nitrogens is 2. The third-order valence-corrected chi connectivity index (χ3v) is 3.73. The zero-order valence-corrected chi connectivity index (χ0v) is 12.7. The predicted octanol–water partition coefficient (Wildman–Crippen LogP) is 2.09. The van der Waals surface area contributed by atoms with Gasteiger partial charge in [0, 0.05) is 11.8 Å². The molecule has 0 fully saturated rings. The van der Waals surface area contributed by atoms with E-state index in [9.17, 15) is 9.59 Å². The van der Waals surface area contributed by atoms with Crippen molar-refractivity contribution >= 4 is 17.7 Å². The molecule has 1 N–H and O–H groups in total. The van der Waals surface area contributed by atoms with Crippen LogP contribution in [0.25, 0.3) is 0 Å². The second-order valence-corrected chi connectivity index (χ2v) is 5.54. The van der Waals surface area contributed by atoms with Crippen molar-refractivity contribution in [2.24, 2.45) is 0 Å². The van der Waals surface area contributed by atoms with E-state index in [0.29, 0.717) is 16.6 Å². The first kappa shape index (κ1) is 15.3. The molecule has 1 heterocycles. The maximum absolute atomic E-state index is 11.6. The highest BCUT2D eigenvalue weighted by atomic mass is 32.2. The van der Waals surface area contributed by atoms with Crippen molar-refractivity contribution in [2.75, 3.05) is 7.11 Å². The van der Waals surface area contributed by atoms with Crippen LogP contribution in [-0.4, -0.2) is 23.0 Å². The normalized spacial score (nSPS) is 10.4. The van der Waals surface area contributed by atoms with E-state index in [-0.39, 0.29) is 12.0 Å². The molecular formula is C15H16N2O3S. The van der Waals surface area contributed by atoms with E-state index >= 15 is 0 Å². The summed E-state index contributed by atoms with van der Waals surface area (Å²) in [5, 5.41) is 0.503. The van der Waals surface area contributed by atoms with Crippen molar-refractivity contribution in [3.8, 4) is 0 Å². The van der Waals surface area contributed by atoms with Crippen molar-refractivity contribution in [3.05, 3.63) is 57.5 Å². The summed E-state index contributed by atoms with van der Waals surface area (Å²) in [6.45, 7) is 2.03. The van der Waals surface area contributed by atoms with Crippen LogP contribution in [0.5, 0.6) is 0 Å². The molecule has 0 aliphatic heterocycles. The number of thioether (sulfide) groups is 1. The lowest BCUT2D eigenvalue weighted by Gasteiger charge is -2.04. The molecule has 0 saturated carbocycles. The van der Waals surface area contributed by atoms with Crippen LogP contribution in [0.15, 0.2) is 40.3 Å². The van der Waals surface area contributed by atoms with Gasteiger partial charge < -0.3 is 9.72 Å². The predicted molar refractivity (Wildman–Crippen MR) is 81.3 cm³/mol. The number of nitrogens with one attached hydrogen (secondary N) is 1. The van der Waals surface area contributed by atoms with Gasteiger partial charge >= 0.3 is 5.97 Å². The van der Waals surface area contributed by atoms with Gasteiger partial charge in [0.05, 0.1) is 19.2 Å². The lowest BCUT2D eigenvalue weighted by atomic mass is 10.2. The fraction of sp³-hybridized carbons (Fsp3) is 0.267. The Bertz CT molecular complexity index is 697. The highest BCUT2D eigenvalue weighted by Gasteiger charge is 2.08. The number of carbonyl (C=O) groups excluding carboxylic acids is 1. The number of H-pyrrole nitrogens is 1. The summed E-state index contributed by atoms with van der Waals surface area (Å²) < 4.78 is 4.58. The van der Waals surface area contributed by atoms with Crippen molar-refractivity contribution in [1.82, 2.24) is 9.97 Å². The lowest BCUT2D eigenvalue weighted by Crippen LogP contribution is -2.13. The number of rotatable bonds is 5. The molecule has 0 bridgehead atoms. The van der Waals surface area contributed by atoms with E-state index < -0.39 is 5.97 Å². The molecule has 0 aliphatic rings. The quantitative estimate of drug-likeness (QED) is 0.520. The Morgan fingerprint density at radius 3 is 2.90 bits per heavy atom. The number of esters is 1. The van der Waals surface area contributed by atoms with E-state index in [1.54, 1.807) is 0 Å². The van der Waals surface area contributed by atoms with Gasteiger partial charge in [0.1, 0.15) is 0 Å². The molecule has 21 heavy (non-hydrogen) atoms. The number of nitrogens with zero attached hydrogens (tertiary/aromatic N) is 1. The van der Waals surface area contributed by atoms with Gasteiger partial charge in [-0.15, -0.1) is 0 Å². The summed E-state index contributed by atoms with van der Waals surface area (Å²) in [5.74, 6) is 0.287. The topological polar surface area (TPSA) is 72.1 Å². The minimum absolute atomic E-state index is 0.00156. The van der Waals surface area contributed by atoms with Gasteiger partial charge in [-0.3, -0.25) is 9.59 Å². The first-order chi connectivity index (χ1) is 10.1. The molecule has 0 radical (unpaired) electrons. The first-order valence-corrected chi connectivity index (χ1v) is 7.41. The molecular weight excluding hydrogens is 288 g/mol. The Morgan fingerprint density at radius 2 is 2.19 bits per heavy atom. The van der Waals surface area contributed by atoms with Gasteiger partial charge in [-0.2, -0.15) is 0 Å². The maximum Gasteiger partial charge on any atom is 0.311 e. The lowest BCUT2D eigenvalue weighted by molar-refractivity contribution is -0.139. The summed E-state index contributed by atoms with van der Waals surface area (Å²) in [6.07, 6.45) is -0.00156. The van der Waals surface area contributed by atoms with Gasteiger partial charge in [0.2, 0.25) is 0 Å². The minimum atomic E-state index is -0.414. The Hall–Kier alpha value is -2.08. The standard InChI is InChI=1S/C15H16N2O3S/c1-10-4-3-5-11(6-10)9-21-15-16-12(7-13(18)17-15)8-14(19)20-2/h3-7H,8-9H2,1-2H3,(H,16,17,18). The molecule has 0 unspecified atom stereocenters. The number of ether oxygens (including phenoxy) is 1. The highest BCUT2D eigenvalue weighted by Crippen LogP contribution is 2.19. The molecule has 2 rings (SSSR count). The largest absolute Gasteiger partial charge is 0.469 e. The van der Waals surface area contributed by atoms with E-state index in [1.165, 1.54) is 30.5 Å². The summed E-state index contributed by atoms with van der Waals surface area (Å²) in [5.41, 5.74) is 2.49. The molecule has 1 aromatic heterocycles. The van der Waals surface area contributed by atoms with Crippen LogP contribution in [0, 0.1) is 6.92 Å². The molecule has 0 amide bonds. The summed E-state index contributed by atoms with van der Waals surface area (Å²) in [6, 6.07) is 9.45. The molecule has 0 saturated heterocycles. The Kier molecular flexibility index (Phi) is 5.16. The number of hydrogen-bond donors (Lipinski definition) is 1. The molecule has 1 aromatic carbocycles. The second-order valence-electron chi connectivity index (χ2n) is 4.57. The number of carbonyl (C=O) groups is 1. The average molecular weight is 304 g/mol. The average Bonchev–Trinajstić information content (AvgIpc) is 2.44. The number of aromatic amines is 1. The zero-order valence-electron chi connectivity index (χ0n) is 11.9. The first-order valence-electron chi connectivity index (χ1n) is 6.42. The smallest absolute Gasteiger partial charge is 0.311 e. The summed E-state index contributed by atoms with van der Waals surface area (Å²) in [7, 11) is 1.31. The van der Waals surface area contributed by atoms with E-state index in [2.05, 4.69) is 20.8 Å². The van der Waals surface area contributed by atoms with Crippen LogP contribution < -0.4 is 5.56 Å². The summed E-state index contributed by atoms with van der Waals surface area (Å²) in [4.78, 5) is 29.8. The van der Waals surface area contributed by atoms with Gasteiger partial charge in [-0.1, -0.05) is 41.6 Å². The van der Waals surface area contributed by atoms with Gasteiger partial charge in [0.15, 0.2) is 5.16 Å². The van der Waals surface area contributed by atoms with Crippen LogP contribution in [0.3, 0.4) is 0 Å². The van der Waals surface area contributed by atoms with Gasteiger partial charge in [-0.05, 0) is 12.5 Å². The van der Waals surface area contributed by atoms with Crippen molar-refractivity contribution in [1.29, 1.82) is 0 Å². The molecule has 2 aromatic rings. The number of hydrogen-bond acceptors (Lipinski definition) is 5. The maximum atomic E-state index is 11.6. The Labute approximate surface area is 126 Å².